The van der Waals surface area contributed by atoms with Crippen molar-refractivity contribution < 1.29 is 9.84 Å². The first kappa shape index (κ1) is 17.1. The maximum Gasteiger partial charge on any atom is 0.213 e. The maximum absolute atomic E-state index is 10.4. The van der Waals surface area contributed by atoms with E-state index in [2.05, 4.69) is 4.98 Å². The first-order valence-electron chi connectivity index (χ1n) is 9.12. The number of aryl methyl sites for hydroxylation is 1. The average molecular weight is 392 g/mol. The zero-order chi connectivity index (χ0) is 19.3. The molecule has 2 aliphatic rings. The standard InChI is InChI=1S/C22H18ClN3O2/c1-13-2-4-20(27)16(10-13)18-12-19-17-11-15(23)3-5-21(17)28-22(26(19)25-18)14-6-8-24-9-7-14/h2-11,19,22,27H,12H2,1H3/t19-,22-/m1/s1. The van der Waals surface area contributed by atoms with Crippen LogP contribution in [0.1, 0.15) is 40.9 Å². The van der Waals surface area contributed by atoms with Gasteiger partial charge in [-0.15, -0.1) is 0 Å². The van der Waals surface area contributed by atoms with Crippen molar-refractivity contribution in [3.8, 4) is 11.5 Å². The molecule has 140 valence electrons. The number of ether oxygens (including phenoxy) is 1. The summed E-state index contributed by atoms with van der Waals surface area (Å²) < 4.78 is 6.29. The number of pyridine rings is 1. The monoisotopic (exact) mass is 391 g/mol. The Morgan fingerprint density at radius 3 is 2.75 bits per heavy atom. The minimum absolute atomic E-state index is 0.0180. The van der Waals surface area contributed by atoms with Gasteiger partial charge in [0, 0.05) is 40.5 Å². The summed E-state index contributed by atoms with van der Waals surface area (Å²) in [4.78, 5) is 4.11. The fourth-order valence-corrected chi connectivity index (χ4v) is 4.03. The first-order valence-corrected chi connectivity index (χ1v) is 9.50. The number of hydrogen-bond acceptors (Lipinski definition) is 5. The largest absolute Gasteiger partial charge is 0.507 e. The number of aromatic nitrogens is 1. The second kappa shape index (κ2) is 6.53. The van der Waals surface area contributed by atoms with E-state index < -0.39 is 0 Å². The average Bonchev–Trinajstić information content (AvgIpc) is 3.15. The van der Waals surface area contributed by atoms with Crippen LogP contribution in [0.2, 0.25) is 5.02 Å². The van der Waals surface area contributed by atoms with Gasteiger partial charge in [-0.1, -0.05) is 23.2 Å². The number of phenolic OH excluding ortho intramolecular Hbond substituents is 1. The molecule has 28 heavy (non-hydrogen) atoms. The van der Waals surface area contributed by atoms with Crippen molar-refractivity contribution in [3.05, 3.63) is 88.2 Å². The number of benzene rings is 2. The summed E-state index contributed by atoms with van der Waals surface area (Å²) in [6.45, 7) is 2.00. The lowest BCUT2D eigenvalue weighted by molar-refractivity contribution is -0.0190. The molecule has 1 aromatic heterocycles. The highest BCUT2D eigenvalue weighted by molar-refractivity contribution is 6.30. The maximum atomic E-state index is 10.4. The Bertz CT molecular complexity index is 1080. The second-order valence-electron chi connectivity index (χ2n) is 7.10. The molecule has 0 aliphatic carbocycles. The number of nitrogens with zero attached hydrogens (tertiary/aromatic N) is 3. The lowest BCUT2D eigenvalue weighted by atomic mass is 9.95. The zero-order valence-corrected chi connectivity index (χ0v) is 16.0. The highest BCUT2D eigenvalue weighted by Gasteiger charge is 2.41. The van der Waals surface area contributed by atoms with E-state index in [-0.39, 0.29) is 18.0 Å². The summed E-state index contributed by atoms with van der Waals surface area (Å²) in [6.07, 6.45) is 3.79. The van der Waals surface area contributed by atoms with Crippen molar-refractivity contribution in [3.63, 3.8) is 0 Å². The lowest BCUT2D eigenvalue weighted by Crippen LogP contribution is -2.33. The predicted molar refractivity (Wildman–Crippen MR) is 108 cm³/mol. The Hall–Kier alpha value is -3.05. The number of hydrazone groups is 1. The van der Waals surface area contributed by atoms with Crippen molar-refractivity contribution >= 4 is 17.3 Å². The van der Waals surface area contributed by atoms with E-state index in [0.717, 1.165) is 33.7 Å². The fourth-order valence-electron chi connectivity index (χ4n) is 3.85. The van der Waals surface area contributed by atoms with Crippen molar-refractivity contribution in [2.45, 2.75) is 25.6 Å². The highest BCUT2D eigenvalue weighted by Crippen LogP contribution is 2.48. The van der Waals surface area contributed by atoms with E-state index >= 15 is 0 Å². The van der Waals surface area contributed by atoms with Crippen LogP contribution in [0.5, 0.6) is 11.5 Å². The van der Waals surface area contributed by atoms with E-state index in [9.17, 15) is 5.11 Å². The number of phenols is 1. The van der Waals surface area contributed by atoms with Gasteiger partial charge in [0.15, 0.2) is 0 Å². The summed E-state index contributed by atoms with van der Waals surface area (Å²) in [7, 11) is 0. The second-order valence-corrected chi connectivity index (χ2v) is 7.54. The Labute approximate surface area is 167 Å². The molecule has 2 atom stereocenters. The summed E-state index contributed by atoms with van der Waals surface area (Å²) in [6, 6.07) is 15.1. The molecule has 2 aromatic carbocycles. The molecule has 0 bridgehead atoms. The minimum Gasteiger partial charge on any atom is -0.507 e. The van der Waals surface area contributed by atoms with Gasteiger partial charge in [-0.05, 0) is 49.4 Å². The molecule has 6 heteroatoms. The molecule has 0 unspecified atom stereocenters. The van der Waals surface area contributed by atoms with Gasteiger partial charge in [0.25, 0.3) is 0 Å². The molecule has 5 rings (SSSR count). The third kappa shape index (κ3) is 2.79. The molecule has 2 aliphatic heterocycles. The molecule has 0 saturated carbocycles. The summed E-state index contributed by atoms with van der Waals surface area (Å²) >= 11 is 6.26. The topological polar surface area (TPSA) is 58.0 Å². The third-order valence-corrected chi connectivity index (χ3v) is 5.44. The Morgan fingerprint density at radius 1 is 1.11 bits per heavy atom. The van der Waals surface area contributed by atoms with Gasteiger partial charge in [-0.3, -0.25) is 4.98 Å². The molecule has 0 saturated heterocycles. The first-order chi connectivity index (χ1) is 13.6. The number of hydrogen-bond donors (Lipinski definition) is 1. The van der Waals surface area contributed by atoms with Gasteiger partial charge in [0.2, 0.25) is 6.23 Å². The molecule has 0 fully saturated rings. The Morgan fingerprint density at radius 2 is 1.93 bits per heavy atom. The van der Waals surface area contributed by atoms with Gasteiger partial charge in [-0.2, -0.15) is 5.10 Å². The summed E-state index contributed by atoms with van der Waals surface area (Å²) in [5, 5.41) is 17.9. The smallest absolute Gasteiger partial charge is 0.213 e. The van der Waals surface area contributed by atoms with E-state index in [0.29, 0.717) is 11.4 Å². The number of aromatic hydroxyl groups is 1. The number of halogens is 1. The van der Waals surface area contributed by atoms with E-state index in [1.165, 1.54) is 0 Å². The van der Waals surface area contributed by atoms with Crippen LogP contribution in [0, 0.1) is 6.92 Å². The van der Waals surface area contributed by atoms with Gasteiger partial charge < -0.3 is 9.84 Å². The van der Waals surface area contributed by atoms with Crippen molar-refractivity contribution in [2.75, 3.05) is 0 Å². The minimum atomic E-state index is -0.369. The molecular formula is C22H18ClN3O2. The highest BCUT2D eigenvalue weighted by atomic mass is 35.5. The van der Waals surface area contributed by atoms with Crippen molar-refractivity contribution in [1.29, 1.82) is 0 Å². The normalized spacial score (nSPS) is 20.2. The van der Waals surface area contributed by atoms with Crippen LogP contribution in [0.3, 0.4) is 0 Å². The number of rotatable bonds is 2. The molecular weight excluding hydrogens is 374 g/mol. The van der Waals surface area contributed by atoms with Crippen LogP contribution in [-0.2, 0) is 0 Å². The van der Waals surface area contributed by atoms with Gasteiger partial charge in [0.05, 0.1) is 11.8 Å². The molecule has 1 N–H and O–H groups in total. The van der Waals surface area contributed by atoms with E-state index in [1.54, 1.807) is 18.5 Å². The molecule has 5 nitrogen and oxygen atoms in total. The summed E-state index contributed by atoms with van der Waals surface area (Å²) in [5.41, 5.74) is 4.64. The zero-order valence-electron chi connectivity index (χ0n) is 15.2. The van der Waals surface area contributed by atoms with E-state index in [1.807, 2.05) is 54.4 Å². The van der Waals surface area contributed by atoms with Gasteiger partial charge in [-0.25, -0.2) is 5.01 Å². The van der Waals surface area contributed by atoms with Crippen LogP contribution in [0.4, 0.5) is 0 Å². The van der Waals surface area contributed by atoms with Gasteiger partial charge in [0.1, 0.15) is 11.5 Å². The molecule has 0 amide bonds. The summed E-state index contributed by atoms with van der Waals surface area (Å²) in [5.74, 6) is 1.04. The van der Waals surface area contributed by atoms with Crippen LogP contribution in [0.25, 0.3) is 0 Å². The van der Waals surface area contributed by atoms with Crippen LogP contribution in [0.15, 0.2) is 66.0 Å². The van der Waals surface area contributed by atoms with Gasteiger partial charge >= 0.3 is 0 Å². The van der Waals surface area contributed by atoms with Crippen LogP contribution in [-0.4, -0.2) is 20.8 Å². The molecule has 3 heterocycles. The predicted octanol–water partition coefficient (Wildman–Crippen LogP) is 4.99. The van der Waals surface area contributed by atoms with Crippen LogP contribution >= 0.6 is 11.6 Å². The SMILES string of the molecule is Cc1ccc(O)c(C2=NN3[C@H](C2)c2cc(Cl)ccc2O[C@@H]3c2ccncc2)c1. The van der Waals surface area contributed by atoms with Crippen LogP contribution < -0.4 is 4.74 Å². The lowest BCUT2D eigenvalue weighted by Gasteiger charge is -2.38. The molecule has 0 spiro atoms. The van der Waals surface area contributed by atoms with Crippen molar-refractivity contribution in [2.24, 2.45) is 5.10 Å². The Kier molecular flexibility index (Phi) is 3.98. The Balaban J connectivity index is 1.63. The third-order valence-electron chi connectivity index (χ3n) is 5.21. The molecule has 3 aromatic rings. The van der Waals surface area contributed by atoms with E-state index in [4.69, 9.17) is 21.4 Å². The number of fused-ring (bicyclic) bond motifs is 3. The van der Waals surface area contributed by atoms with Crippen molar-refractivity contribution in [1.82, 2.24) is 9.99 Å². The molecule has 0 radical (unpaired) electrons. The fraction of sp³-hybridized carbons (Fsp3) is 0.182. The quantitative estimate of drug-likeness (QED) is 0.668.